The number of aliphatic hydroxyl groups is 1. The van der Waals surface area contributed by atoms with E-state index in [1.54, 1.807) is 12.2 Å². The number of methoxy groups -OCH3 is 1. The Labute approximate surface area is 291 Å². The van der Waals surface area contributed by atoms with Crippen LogP contribution in [0.5, 0.6) is 5.75 Å². The Morgan fingerprint density at radius 2 is 1.65 bits per heavy atom. The van der Waals surface area contributed by atoms with Crippen molar-refractivity contribution in [3.05, 3.63) is 82.2 Å². The third kappa shape index (κ3) is 5.71. The van der Waals surface area contributed by atoms with Crippen molar-refractivity contribution >= 4 is 23.8 Å². The van der Waals surface area contributed by atoms with Gasteiger partial charge in [-0.05, 0) is 122 Å². The van der Waals surface area contributed by atoms with Gasteiger partial charge in [0.1, 0.15) is 5.75 Å². The summed E-state index contributed by atoms with van der Waals surface area (Å²) in [7, 11) is 1.35. The van der Waals surface area contributed by atoms with E-state index in [1.165, 1.54) is 18.8 Å². The highest BCUT2D eigenvalue weighted by molar-refractivity contribution is 6.06. The lowest BCUT2D eigenvalue weighted by molar-refractivity contribution is -0.182. The maximum Gasteiger partial charge on any atom is 0.330 e. The summed E-state index contributed by atoms with van der Waals surface area (Å²) in [5.74, 6) is 0.116. The van der Waals surface area contributed by atoms with Crippen LogP contribution in [0.25, 0.3) is 6.08 Å². The summed E-state index contributed by atoms with van der Waals surface area (Å²) in [6.45, 7) is 14.4. The molecule has 0 amide bonds. The standard InChI is InChI=1S/C42H52O7/c1-27-30-14-15-33-40(4,31(30)25-32(43)36(27)45)20-22-42(6)34-26-39(3,18-17-38(34,2)19-21-41(33,42)5)37(46)49-24-8-23-48-29-12-9-28(10-13-29)11-16-35(44)47-7/h9-16,25,34,45H,8,17-24,26H2,1-7H3/b16-11+/t34-,38-,39-,40+,41-,42+/m1/s1. The lowest BCUT2D eigenvalue weighted by atomic mass is 9.34. The quantitative estimate of drug-likeness (QED) is 0.168. The maximum atomic E-state index is 13.8. The summed E-state index contributed by atoms with van der Waals surface area (Å²) in [5.41, 5.74) is 4.18. The third-order valence-electron chi connectivity index (χ3n) is 13.6. The van der Waals surface area contributed by atoms with Crippen LogP contribution in [-0.2, 0) is 23.9 Å². The van der Waals surface area contributed by atoms with Crippen molar-refractivity contribution in [2.45, 2.75) is 92.9 Å². The van der Waals surface area contributed by atoms with E-state index < -0.39 is 11.4 Å². The second kappa shape index (κ2) is 12.5. The van der Waals surface area contributed by atoms with Crippen LogP contribution in [0.2, 0.25) is 0 Å². The molecule has 3 saturated carbocycles. The summed E-state index contributed by atoms with van der Waals surface area (Å²) >= 11 is 0. The molecule has 1 aromatic rings. The highest BCUT2D eigenvalue weighted by Gasteiger charge is 2.67. The molecular weight excluding hydrogens is 616 g/mol. The molecule has 0 radical (unpaired) electrons. The van der Waals surface area contributed by atoms with Gasteiger partial charge in [-0.25, -0.2) is 4.79 Å². The molecule has 1 aromatic carbocycles. The number of rotatable bonds is 8. The van der Waals surface area contributed by atoms with Gasteiger partial charge >= 0.3 is 11.9 Å². The van der Waals surface area contributed by atoms with Crippen molar-refractivity contribution in [3.8, 4) is 5.75 Å². The number of hydrogen-bond acceptors (Lipinski definition) is 7. The van der Waals surface area contributed by atoms with Crippen LogP contribution in [0.1, 0.15) is 98.5 Å². The number of carbonyl (C=O) groups is 3. The summed E-state index contributed by atoms with van der Waals surface area (Å²) < 4.78 is 16.4. The number of hydrogen-bond donors (Lipinski definition) is 1. The summed E-state index contributed by atoms with van der Waals surface area (Å²) in [4.78, 5) is 37.9. The molecule has 0 aliphatic heterocycles. The van der Waals surface area contributed by atoms with E-state index in [9.17, 15) is 19.5 Å². The number of ether oxygens (including phenoxy) is 3. The van der Waals surface area contributed by atoms with Gasteiger partial charge in [0.15, 0.2) is 5.76 Å². The molecule has 49 heavy (non-hydrogen) atoms. The molecular formula is C42H52O7. The van der Waals surface area contributed by atoms with Gasteiger partial charge in [-0.1, -0.05) is 57.6 Å². The van der Waals surface area contributed by atoms with Crippen LogP contribution in [0.4, 0.5) is 0 Å². The van der Waals surface area contributed by atoms with E-state index in [0.717, 1.165) is 61.7 Å². The van der Waals surface area contributed by atoms with Crippen molar-refractivity contribution in [1.82, 2.24) is 0 Å². The van der Waals surface area contributed by atoms with Gasteiger partial charge in [0, 0.05) is 23.5 Å². The average Bonchev–Trinajstić information content (AvgIpc) is 3.08. The molecule has 5 aliphatic carbocycles. The van der Waals surface area contributed by atoms with E-state index >= 15 is 0 Å². The van der Waals surface area contributed by atoms with Crippen molar-refractivity contribution in [1.29, 1.82) is 0 Å². The predicted octanol–water partition coefficient (Wildman–Crippen LogP) is 8.81. The fraction of sp³-hybridized carbons (Fsp3) is 0.548. The fourth-order valence-corrected chi connectivity index (χ4v) is 10.1. The smallest absolute Gasteiger partial charge is 0.330 e. The molecule has 3 fully saturated rings. The predicted molar refractivity (Wildman–Crippen MR) is 189 cm³/mol. The van der Waals surface area contributed by atoms with Crippen LogP contribution in [0.15, 0.2) is 76.6 Å². The first-order valence-corrected chi connectivity index (χ1v) is 17.9. The molecule has 7 heteroatoms. The minimum absolute atomic E-state index is 0.0244. The van der Waals surface area contributed by atoms with E-state index in [0.29, 0.717) is 36.9 Å². The van der Waals surface area contributed by atoms with Gasteiger partial charge in [0.25, 0.3) is 0 Å². The Bertz CT molecular complexity index is 1710. The molecule has 0 aromatic heterocycles. The second-order valence-electron chi connectivity index (χ2n) is 16.4. The maximum absolute atomic E-state index is 13.8. The van der Waals surface area contributed by atoms with Crippen molar-refractivity contribution in [2.75, 3.05) is 20.3 Å². The number of carbonyl (C=O) groups excluding carboxylic acids is 3. The SMILES string of the molecule is COC(=O)/C=C/c1ccc(OCCCOC(=O)[C@]2(C)CC[C@]3(C)CC[C@]4(C)C5=CC=C6C(=CC(=O)C(O)=C6C)[C@]5(C)CC[C@@]4(C)[C@@H]3C2)cc1. The zero-order valence-corrected chi connectivity index (χ0v) is 30.2. The number of allylic oxidation sites excluding steroid dienone is 7. The van der Waals surface area contributed by atoms with Crippen molar-refractivity contribution in [3.63, 3.8) is 0 Å². The number of benzene rings is 1. The minimum atomic E-state index is -0.549. The molecule has 0 unspecified atom stereocenters. The van der Waals surface area contributed by atoms with Crippen molar-refractivity contribution < 1.29 is 33.7 Å². The number of ketones is 1. The fourth-order valence-electron chi connectivity index (χ4n) is 10.1. The Kier molecular flexibility index (Phi) is 8.90. The van der Waals surface area contributed by atoms with Gasteiger partial charge in [-0.3, -0.25) is 9.59 Å². The van der Waals surface area contributed by atoms with E-state index in [4.69, 9.17) is 9.47 Å². The first-order valence-electron chi connectivity index (χ1n) is 17.9. The average molecular weight is 669 g/mol. The molecule has 0 bridgehead atoms. The van der Waals surface area contributed by atoms with E-state index in [2.05, 4.69) is 51.5 Å². The van der Waals surface area contributed by atoms with Gasteiger partial charge < -0.3 is 19.3 Å². The Hall–Kier alpha value is -3.87. The van der Waals surface area contributed by atoms with Crippen molar-refractivity contribution in [2.24, 2.45) is 33.0 Å². The molecule has 0 saturated heterocycles. The van der Waals surface area contributed by atoms with Crippen LogP contribution in [0, 0.1) is 33.0 Å². The molecule has 7 nitrogen and oxygen atoms in total. The zero-order valence-electron chi connectivity index (χ0n) is 30.2. The number of esters is 2. The molecule has 0 heterocycles. The van der Waals surface area contributed by atoms with Crippen LogP contribution >= 0.6 is 0 Å². The molecule has 0 spiro atoms. The highest BCUT2D eigenvalue weighted by Crippen LogP contribution is 2.75. The minimum Gasteiger partial charge on any atom is -0.504 e. The largest absolute Gasteiger partial charge is 0.504 e. The van der Waals surface area contributed by atoms with Gasteiger partial charge in [-0.15, -0.1) is 0 Å². The second-order valence-corrected chi connectivity index (χ2v) is 16.4. The summed E-state index contributed by atoms with van der Waals surface area (Å²) in [6.07, 6.45) is 16.5. The lowest BCUT2D eigenvalue weighted by Gasteiger charge is -2.70. The van der Waals surface area contributed by atoms with Crippen LogP contribution in [0.3, 0.4) is 0 Å². The molecule has 262 valence electrons. The zero-order chi connectivity index (χ0) is 35.4. The van der Waals surface area contributed by atoms with Crippen LogP contribution < -0.4 is 4.74 Å². The summed E-state index contributed by atoms with van der Waals surface area (Å²) in [6, 6.07) is 7.44. The lowest BCUT2D eigenvalue weighted by Crippen LogP contribution is -2.62. The van der Waals surface area contributed by atoms with E-state index in [-0.39, 0.29) is 39.2 Å². The molecule has 5 aliphatic rings. The summed E-state index contributed by atoms with van der Waals surface area (Å²) in [5, 5.41) is 10.4. The van der Waals surface area contributed by atoms with Gasteiger partial charge in [0.2, 0.25) is 5.78 Å². The Balaban J connectivity index is 1.12. The Morgan fingerprint density at radius 3 is 2.37 bits per heavy atom. The van der Waals surface area contributed by atoms with Crippen LogP contribution in [-0.4, -0.2) is 43.2 Å². The third-order valence-corrected chi connectivity index (χ3v) is 13.6. The normalized spacial score (nSPS) is 35.2. The molecule has 6 rings (SSSR count). The number of aliphatic hydroxyl groups excluding tert-OH is 1. The first kappa shape index (κ1) is 35.0. The molecule has 6 atom stereocenters. The van der Waals surface area contributed by atoms with Gasteiger partial charge in [-0.2, -0.15) is 0 Å². The Morgan fingerprint density at radius 1 is 0.939 bits per heavy atom. The number of fused-ring (bicyclic) bond motifs is 7. The monoisotopic (exact) mass is 668 g/mol. The van der Waals surface area contributed by atoms with Gasteiger partial charge in [0.05, 0.1) is 25.7 Å². The topological polar surface area (TPSA) is 99.1 Å². The van der Waals surface area contributed by atoms with E-state index in [1.807, 2.05) is 31.2 Å². The first-order chi connectivity index (χ1) is 23.1. The molecule has 1 N–H and O–H groups in total. The highest BCUT2D eigenvalue weighted by atomic mass is 16.5.